The largest absolute Gasteiger partial charge is 0.208 e. The molecule has 1 heterocycles. The van der Waals surface area contributed by atoms with Gasteiger partial charge in [0, 0.05) is 22.1 Å². The molecule has 0 radical (unpaired) electrons. The summed E-state index contributed by atoms with van der Waals surface area (Å²) >= 11 is 0. The van der Waals surface area contributed by atoms with Crippen molar-refractivity contribution in [2.75, 3.05) is 0 Å². The molecule has 3 nitrogen and oxygen atoms in total. The van der Waals surface area contributed by atoms with Gasteiger partial charge in [-0.25, -0.2) is 15.0 Å². The molecule has 47 heavy (non-hydrogen) atoms. The van der Waals surface area contributed by atoms with Gasteiger partial charge in [0.2, 0.25) is 0 Å². The van der Waals surface area contributed by atoms with Crippen molar-refractivity contribution in [2.45, 2.75) is 45.4 Å². The van der Waals surface area contributed by atoms with Gasteiger partial charge in [0.05, 0.1) is 0 Å². The first-order valence-electron chi connectivity index (χ1n) is 16.9. The number of nitrogens with zero attached hydrogens (tertiary/aromatic N) is 3. The maximum absolute atomic E-state index is 4.95. The van der Waals surface area contributed by atoms with Gasteiger partial charge in [0.15, 0.2) is 17.5 Å². The minimum absolute atomic E-state index is 0.128. The summed E-state index contributed by atoms with van der Waals surface area (Å²) in [7, 11) is 0. The third-order valence-electron chi connectivity index (χ3n) is 10.4. The van der Waals surface area contributed by atoms with Crippen LogP contribution < -0.4 is 0 Å². The lowest BCUT2D eigenvalue weighted by Crippen LogP contribution is -2.28. The van der Waals surface area contributed by atoms with E-state index in [1.165, 1.54) is 52.6 Å². The molecule has 3 atom stereocenters. The van der Waals surface area contributed by atoms with Crippen LogP contribution in [0.4, 0.5) is 0 Å². The number of aromatic nitrogens is 3. The second-order valence-corrected chi connectivity index (χ2v) is 13.4. The lowest BCUT2D eigenvalue weighted by molar-refractivity contribution is 0.373. The molecule has 2 aliphatic carbocycles. The third kappa shape index (κ3) is 5.11. The van der Waals surface area contributed by atoms with Gasteiger partial charge in [-0.15, -0.1) is 0 Å². The Labute approximate surface area is 278 Å². The van der Waals surface area contributed by atoms with E-state index in [0.717, 1.165) is 22.6 Å². The van der Waals surface area contributed by atoms with Crippen molar-refractivity contribution in [1.82, 2.24) is 15.0 Å². The van der Waals surface area contributed by atoms with Crippen LogP contribution in [0.3, 0.4) is 0 Å². The Balaban J connectivity index is 1.22. The molecule has 3 heteroatoms. The van der Waals surface area contributed by atoms with Crippen molar-refractivity contribution in [3.63, 3.8) is 0 Å². The summed E-state index contributed by atoms with van der Waals surface area (Å²) in [6, 6.07) is 45.0. The number of allylic oxidation sites excluding steroid dienone is 2. The highest BCUT2D eigenvalue weighted by Gasteiger charge is 2.44. The highest BCUT2D eigenvalue weighted by molar-refractivity contribution is 5.94. The number of rotatable bonds is 6. The lowest BCUT2D eigenvalue weighted by Gasteiger charge is -2.37. The molecule has 0 fully saturated rings. The Morgan fingerprint density at radius 3 is 1.70 bits per heavy atom. The topological polar surface area (TPSA) is 38.7 Å². The zero-order valence-corrected chi connectivity index (χ0v) is 27.3. The molecular weight excluding hydrogens is 571 g/mol. The highest BCUT2D eigenvalue weighted by atomic mass is 15.0. The van der Waals surface area contributed by atoms with Crippen LogP contribution in [-0.4, -0.2) is 15.0 Å². The minimum Gasteiger partial charge on any atom is -0.208 e. The molecule has 1 aromatic heterocycles. The van der Waals surface area contributed by atoms with Crippen LogP contribution in [0.2, 0.25) is 0 Å². The van der Waals surface area contributed by atoms with E-state index in [1.54, 1.807) is 5.57 Å². The molecule has 0 saturated carbocycles. The molecular formula is C44H39N3. The molecule has 0 bridgehead atoms. The van der Waals surface area contributed by atoms with Gasteiger partial charge in [-0.05, 0) is 65.0 Å². The van der Waals surface area contributed by atoms with Crippen LogP contribution in [0.5, 0.6) is 0 Å². The minimum atomic E-state index is -0.128. The molecule has 0 spiro atoms. The molecule has 6 aromatic rings. The number of hydrogen-bond donors (Lipinski definition) is 0. The summed E-state index contributed by atoms with van der Waals surface area (Å²) in [5.41, 5.74) is 12.4. The van der Waals surface area contributed by atoms with Gasteiger partial charge in [-0.3, -0.25) is 0 Å². The predicted molar refractivity (Wildman–Crippen MR) is 194 cm³/mol. The molecule has 3 unspecified atom stereocenters. The standard InChI is InChI=1S/C44H39N3/c1-4-30-26-29(2)27-35(28-30)44(3)38-20-12-11-18-37(38)40-36(19-13-21-39(40)44)31-22-24-34(25-23-31)43-46-41(32-14-7-5-8-15-32)45-42(47-43)33-16-9-6-10-17-33/h5-25,27,29-30H,4,26,28H2,1-3H3. The maximum Gasteiger partial charge on any atom is 0.164 e. The Morgan fingerprint density at radius 2 is 1.09 bits per heavy atom. The predicted octanol–water partition coefficient (Wildman–Crippen LogP) is 11.2. The first-order valence-corrected chi connectivity index (χ1v) is 16.9. The van der Waals surface area contributed by atoms with Crippen LogP contribution >= 0.6 is 0 Å². The fourth-order valence-corrected chi connectivity index (χ4v) is 7.95. The van der Waals surface area contributed by atoms with Gasteiger partial charge in [0.1, 0.15) is 0 Å². The van der Waals surface area contributed by atoms with Crippen molar-refractivity contribution in [1.29, 1.82) is 0 Å². The van der Waals surface area contributed by atoms with Gasteiger partial charge < -0.3 is 0 Å². The summed E-state index contributed by atoms with van der Waals surface area (Å²) < 4.78 is 0. The van der Waals surface area contributed by atoms with E-state index in [0.29, 0.717) is 23.4 Å². The molecule has 8 rings (SSSR count). The first-order chi connectivity index (χ1) is 23.0. The van der Waals surface area contributed by atoms with E-state index in [2.05, 4.69) is 93.6 Å². The van der Waals surface area contributed by atoms with Crippen LogP contribution in [0.15, 0.2) is 139 Å². The van der Waals surface area contributed by atoms with Gasteiger partial charge in [0.25, 0.3) is 0 Å². The van der Waals surface area contributed by atoms with E-state index in [-0.39, 0.29) is 5.41 Å². The van der Waals surface area contributed by atoms with E-state index < -0.39 is 0 Å². The first kappa shape index (κ1) is 29.3. The van der Waals surface area contributed by atoms with Crippen LogP contribution in [-0.2, 0) is 5.41 Å². The average Bonchev–Trinajstić information content (AvgIpc) is 3.41. The van der Waals surface area contributed by atoms with Crippen molar-refractivity contribution < 1.29 is 0 Å². The van der Waals surface area contributed by atoms with Crippen molar-refractivity contribution in [3.05, 3.63) is 150 Å². The lowest BCUT2D eigenvalue weighted by atomic mass is 9.66. The molecule has 0 amide bonds. The third-order valence-corrected chi connectivity index (χ3v) is 10.4. The molecule has 0 N–H and O–H groups in total. The second-order valence-electron chi connectivity index (χ2n) is 13.4. The summed E-state index contributed by atoms with van der Waals surface area (Å²) in [4.78, 5) is 14.8. The smallest absolute Gasteiger partial charge is 0.164 e. The quantitative estimate of drug-likeness (QED) is 0.176. The van der Waals surface area contributed by atoms with Gasteiger partial charge in [-0.1, -0.05) is 159 Å². The van der Waals surface area contributed by atoms with Crippen molar-refractivity contribution >= 4 is 0 Å². The fraction of sp³-hybridized carbons (Fsp3) is 0.205. The monoisotopic (exact) mass is 609 g/mol. The normalized spacial score (nSPS) is 19.9. The highest BCUT2D eigenvalue weighted by Crippen LogP contribution is 2.57. The van der Waals surface area contributed by atoms with Crippen molar-refractivity contribution in [3.8, 4) is 56.4 Å². The Morgan fingerprint density at radius 1 is 0.574 bits per heavy atom. The van der Waals surface area contributed by atoms with Crippen LogP contribution in [0.25, 0.3) is 56.4 Å². The fourth-order valence-electron chi connectivity index (χ4n) is 7.95. The molecule has 230 valence electrons. The summed E-state index contributed by atoms with van der Waals surface area (Å²) in [5, 5.41) is 0. The van der Waals surface area contributed by atoms with Gasteiger partial charge in [-0.2, -0.15) is 0 Å². The van der Waals surface area contributed by atoms with E-state index in [4.69, 9.17) is 15.0 Å². The van der Waals surface area contributed by atoms with E-state index >= 15 is 0 Å². The SMILES string of the molecule is CCC1CC(C2(C)c3ccccc3-c3c(-c4ccc(-c5nc(-c6ccccc6)nc(-c6ccccc6)n5)cc4)cccc32)=CC(C)C1. The Bertz CT molecular complexity index is 2040. The maximum atomic E-state index is 4.95. The number of benzene rings is 5. The summed E-state index contributed by atoms with van der Waals surface area (Å²) in [5.74, 6) is 3.37. The van der Waals surface area contributed by atoms with Crippen molar-refractivity contribution in [2.24, 2.45) is 11.8 Å². The average molecular weight is 610 g/mol. The second kappa shape index (κ2) is 11.9. The summed E-state index contributed by atoms with van der Waals surface area (Å²) in [6.45, 7) is 7.21. The molecule has 2 aliphatic rings. The van der Waals surface area contributed by atoms with E-state index in [9.17, 15) is 0 Å². The van der Waals surface area contributed by atoms with Crippen LogP contribution in [0.1, 0.15) is 51.2 Å². The zero-order chi connectivity index (χ0) is 32.0. The van der Waals surface area contributed by atoms with Crippen LogP contribution in [0, 0.1) is 11.8 Å². The number of hydrogen-bond acceptors (Lipinski definition) is 3. The Hall–Kier alpha value is -5.15. The molecule has 0 aliphatic heterocycles. The summed E-state index contributed by atoms with van der Waals surface area (Å²) in [6.07, 6.45) is 6.28. The van der Waals surface area contributed by atoms with Gasteiger partial charge >= 0.3 is 0 Å². The van der Waals surface area contributed by atoms with E-state index in [1.807, 2.05) is 60.7 Å². The number of fused-ring (bicyclic) bond motifs is 3. The molecule has 5 aromatic carbocycles. The zero-order valence-electron chi connectivity index (χ0n) is 27.3. The Kier molecular flexibility index (Phi) is 7.41. The molecule has 0 saturated heterocycles.